The number of rotatable bonds is 2. The number of amides is 1. The standard InChI is InChI=1S/C8H13NO4/c1-4(2)6-7(12-5(3)10)13-8(11)9-6/h4,6-7H,1-3H3,(H,9,11)/t6-,7+/m1/s1. The van der Waals surface area contributed by atoms with Crippen LogP contribution in [0, 0.1) is 5.92 Å². The van der Waals surface area contributed by atoms with E-state index in [0.717, 1.165) is 0 Å². The van der Waals surface area contributed by atoms with Crippen LogP contribution in [0.25, 0.3) is 0 Å². The van der Waals surface area contributed by atoms with Gasteiger partial charge in [-0.2, -0.15) is 0 Å². The summed E-state index contributed by atoms with van der Waals surface area (Å²) in [5, 5.41) is 2.57. The van der Waals surface area contributed by atoms with Crippen molar-refractivity contribution in [3.8, 4) is 0 Å². The summed E-state index contributed by atoms with van der Waals surface area (Å²) >= 11 is 0. The highest BCUT2D eigenvalue weighted by atomic mass is 16.7. The molecule has 5 nitrogen and oxygen atoms in total. The molecule has 0 bridgehead atoms. The van der Waals surface area contributed by atoms with Crippen LogP contribution in [0.3, 0.4) is 0 Å². The molecule has 1 saturated heterocycles. The van der Waals surface area contributed by atoms with Gasteiger partial charge < -0.3 is 14.8 Å². The molecule has 1 N–H and O–H groups in total. The quantitative estimate of drug-likeness (QED) is 0.644. The third kappa shape index (κ3) is 2.34. The van der Waals surface area contributed by atoms with E-state index in [4.69, 9.17) is 9.47 Å². The van der Waals surface area contributed by atoms with Gasteiger partial charge in [-0.15, -0.1) is 0 Å². The number of carbonyl (C=O) groups is 2. The van der Waals surface area contributed by atoms with Crippen molar-refractivity contribution in [2.45, 2.75) is 33.1 Å². The fourth-order valence-electron chi connectivity index (χ4n) is 1.16. The molecule has 1 aliphatic heterocycles. The summed E-state index contributed by atoms with van der Waals surface area (Å²) in [5.74, 6) is -0.289. The first-order valence-electron chi connectivity index (χ1n) is 4.15. The number of carbonyl (C=O) groups excluding carboxylic acids is 2. The first kappa shape index (κ1) is 9.83. The highest BCUT2D eigenvalue weighted by Gasteiger charge is 2.38. The third-order valence-electron chi connectivity index (χ3n) is 1.80. The lowest BCUT2D eigenvalue weighted by atomic mass is 10.1. The molecule has 1 amide bonds. The van der Waals surface area contributed by atoms with Crippen molar-refractivity contribution in [1.82, 2.24) is 5.32 Å². The predicted octanol–water partition coefficient (Wildman–Crippen LogP) is 0.640. The second kappa shape index (κ2) is 3.64. The number of alkyl carbamates (subject to hydrolysis) is 1. The van der Waals surface area contributed by atoms with Crippen LogP contribution < -0.4 is 5.32 Å². The van der Waals surface area contributed by atoms with Gasteiger partial charge in [0.1, 0.15) is 6.04 Å². The van der Waals surface area contributed by atoms with Crippen molar-refractivity contribution in [1.29, 1.82) is 0 Å². The first-order chi connectivity index (χ1) is 6.00. The molecule has 1 heterocycles. The average molecular weight is 187 g/mol. The molecule has 0 spiro atoms. The van der Waals surface area contributed by atoms with Gasteiger partial charge in [0.05, 0.1) is 0 Å². The van der Waals surface area contributed by atoms with E-state index in [1.165, 1.54) is 6.92 Å². The number of ether oxygens (including phenoxy) is 2. The lowest BCUT2D eigenvalue weighted by Gasteiger charge is -2.18. The lowest BCUT2D eigenvalue weighted by molar-refractivity contribution is -0.164. The molecule has 0 unspecified atom stereocenters. The van der Waals surface area contributed by atoms with E-state index in [2.05, 4.69) is 5.32 Å². The summed E-state index contributed by atoms with van der Waals surface area (Å²) < 4.78 is 9.56. The van der Waals surface area contributed by atoms with Gasteiger partial charge in [0.25, 0.3) is 6.29 Å². The number of esters is 1. The third-order valence-corrected chi connectivity index (χ3v) is 1.80. The van der Waals surface area contributed by atoms with Gasteiger partial charge in [-0.1, -0.05) is 13.8 Å². The Kier molecular flexibility index (Phi) is 2.75. The van der Waals surface area contributed by atoms with Crippen LogP contribution in [0.15, 0.2) is 0 Å². The fourth-order valence-corrected chi connectivity index (χ4v) is 1.16. The Morgan fingerprint density at radius 1 is 1.62 bits per heavy atom. The lowest BCUT2D eigenvalue weighted by Crippen LogP contribution is -2.38. The fraction of sp³-hybridized carbons (Fsp3) is 0.750. The summed E-state index contributed by atoms with van der Waals surface area (Å²) in [6.45, 7) is 5.11. The first-order valence-corrected chi connectivity index (χ1v) is 4.15. The molecule has 0 radical (unpaired) electrons. The summed E-state index contributed by atoms with van der Waals surface area (Å²) in [5.41, 5.74) is 0. The van der Waals surface area contributed by atoms with Gasteiger partial charge in [0.2, 0.25) is 0 Å². The molecule has 0 aromatic carbocycles. The van der Waals surface area contributed by atoms with E-state index >= 15 is 0 Å². The van der Waals surface area contributed by atoms with Crippen molar-refractivity contribution in [2.24, 2.45) is 5.92 Å². The maximum Gasteiger partial charge on any atom is 0.410 e. The van der Waals surface area contributed by atoms with E-state index in [1.54, 1.807) is 0 Å². The average Bonchev–Trinajstić information content (AvgIpc) is 2.29. The number of nitrogens with one attached hydrogen (secondary N) is 1. The molecule has 0 saturated carbocycles. The Bertz CT molecular complexity index is 226. The van der Waals surface area contributed by atoms with Gasteiger partial charge >= 0.3 is 12.1 Å². The Morgan fingerprint density at radius 3 is 2.69 bits per heavy atom. The largest absolute Gasteiger partial charge is 0.423 e. The molecule has 1 aliphatic rings. The molecular formula is C8H13NO4. The Hall–Kier alpha value is -1.26. The molecule has 0 aromatic rings. The Balaban J connectivity index is 2.60. The van der Waals surface area contributed by atoms with Gasteiger partial charge in [0.15, 0.2) is 0 Å². The van der Waals surface area contributed by atoms with Crippen LogP contribution in [0.2, 0.25) is 0 Å². The van der Waals surface area contributed by atoms with Crippen molar-refractivity contribution >= 4 is 12.1 Å². The minimum Gasteiger partial charge on any atom is -0.423 e. The van der Waals surface area contributed by atoms with E-state index < -0.39 is 18.4 Å². The summed E-state index contributed by atoms with van der Waals surface area (Å²) in [4.78, 5) is 21.5. The maximum atomic E-state index is 10.8. The zero-order valence-corrected chi connectivity index (χ0v) is 7.87. The number of hydrogen-bond acceptors (Lipinski definition) is 4. The number of hydrogen-bond donors (Lipinski definition) is 1. The normalized spacial score (nSPS) is 26.9. The SMILES string of the molecule is CC(=O)O[C@H]1OC(=O)N[C@@H]1C(C)C. The number of cyclic esters (lactones) is 1. The summed E-state index contributed by atoms with van der Waals surface area (Å²) in [6.07, 6.45) is -1.32. The van der Waals surface area contributed by atoms with Gasteiger partial charge in [0, 0.05) is 6.92 Å². The van der Waals surface area contributed by atoms with Crippen molar-refractivity contribution < 1.29 is 19.1 Å². The van der Waals surface area contributed by atoms with Crippen LogP contribution in [0.4, 0.5) is 4.79 Å². The van der Waals surface area contributed by atoms with Gasteiger partial charge in [-0.3, -0.25) is 4.79 Å². The topological polar surface area (TPSA) is 64.6 Å². The summed E-state index contributed by atoms with van der Waals surface area (Å²) in [7, 11) is 0. The highest BCUT2D eigenvalue weighted by Crippen LogP contribution is 2.17. The Labute approximate surface area is 76.4 Å². The smallest absolute Gasteiger partial charge is 0.410 e. The van der Waals surface area contributed by atoms with Crippen molar-refractivity contribution in [2.75, 3.05) is 0 Å². The van der Waals surface area contributed by atoms with Gasteiger partial charge in [-0.05, 0) is 5.92 Å². The molecule has 1 fully saturated rings. The Morgan fingerprint density at radius 2 is 2.23 bits per heavy atom. The molecule has 5 heteroatoms. The van der Waals surface area contributed by atoms with Crippen molar-refractivity contribution in [3.05, 3.63) is 0 Å². The molecule has 1 rings (SSSR count). The molecule has 2 atom stereocenters. The second-order valence-corrected chi connectivity index (χ2v) is 3.30. The van der Waals surface area contributed by atoms with Crippen LogP contribution in [-0.2, 0) is 14.3 Å². The molecule has 74 valence electrons. The highest BCUT2D eigenvalue weighted by molar-refractivity contribution is 5.71. The second-order valence-electron chi connectivity index (χ2n) is 3.30. The van der Waals surface area contributed by atoms with Crippen LogP contribution in [-0.4, -0.2) is 24.4 Å². The van der Waals surface area contributed by atoms with Gasteiger partial charge in [-0.25, -0.2) is 4.79 Å². The molecule has 0 aliphatic carbocycles. The maximum absolute atomic E-state index is 10.8. The minimum absolute atomic E-state index is 0.163. The molecular weight excluding hydrogens is 174 g/mol. The van der Waals surface area contributed by atoms with Crippen LogP contribution >= 0.6 is 0 Å². The van der Waals surface area contributed by atoms with E-state index in [0.29, 0.717) is 0 Å². The predicted molar refractivity (Wildman–Crippen MR) is 43.8 cm³/mol. The molecule has 13 heavy (non-hydrogen) atoms. The zero-order valence-electron chi connectivity index (χ0n) is 7.87. The minimum atomic E-state index is -0.787. The van der Waals surface area contributed by atoms with Crippen molar-refractivity contribution in [3.63, 3.8) is 0 Å². The van der Waals surface area contributed by atoms with Crippen LogP contribution in [0.1, 0.15) is 20.8 Å². The van der Waals surface area contributed by atoms with Crippen LogP contribution in [0.5, 0.6) is 0 Å². The zero-order chi connectivity index (χ0) is 10.0. The van der Waals surface area contributed by atoms with E-state index in [1.807, 2.05) is 13.8 Å². The van der Waals surface area contributed by atoms with E-state index in [-0.39, 0.29) is 12.0 Å². The monoisotopic (exact) mass is 187 g/mol. The molecule has 0 aromatic heterocycles. The van der Waals surface area contributed by atoms with E-state index in [9.17, 15) is 9.59 Å². The summed E-state index contributed by atoms with van der Waals surface area (Å²) in [6, 6.07) is -0.253.